The van der Waals surface area contributed by atoms with Crippen LogP contribution in [0.5, 0.6) is 23.0 Å². The van der Waals surface area contributed by atoms with Gasteiger partial charge in [0.05, 0.1) is 11.8 Å². The summed E-state index contributed by atoms with van der Waals surface area (Å²) in [7, 11) is 0. The van der Waals surface area contributed by atoms with E-state index in [9.17, 15) is 0 Å². The van der Waals surface area contributed by atoms with Gasteiger partial charge in [0.1, 0.15) is 30.5 Å². The summed E-state index contributed by atoms with van der Waals surface area (Å²) < 4.78 is 23.3. The largest absolute Gasteiger partial charge is 2.00 e. The molecule has 0 radical (unpaired) electrons. The van der Waals surface area contributed by atoms with Crippen molar-refractivity contribution >= 4 is 21.8 Å². The van der Waals surface area contributed by atoms with E-state index in [1.165, 1.54) is 5.56 Å². The van der Waals surface area contributed by atoms with E-state index in [0.29, 0.717) is 41.9 Å². The number of hydrogen-bond donors (Lipinski definition) is 0. The topological polar surface area (TPSA) is 63.3 Å². The van der Waals surface area contributed by atoms with Gasteiger partial charge in [-0.15, -0.1) is 35.7 Å². The number of rotatable bonds is 11. The Balaban J connectivity index is 0.00000469. The summed E-state index contributed by atoms with van der Waals surface area (Å²) >= 11 is 0. The Bertz CT molecular complexity index is 2760. The predicted molar refractivity (Wildman–Crippen MR) is 226 cm³/mol. The van der Waals surface area contributed by atoms with Crippen molar-refractivity contribution in [3.63, 3.8) is 0 Å². The van der Waals surface area contributed by atoms with E-state index in [0.717, 1.165) is 49.9 Å². The molecule has 6 aromatic carbocycles. The molecule has 3 heterocycles. The molecule has 0 spiro atoms. The molecule has 0 fully saturated rings. The minimum atomic E-state index is -0.0252. The quantitative estimate of drug-likeness (QED) is 0.121. The molecule has 9 aromatic rings. The molecular weight excluding hydrogens is 900 g/mol. The Morgan fingerprint density at radius 1 is 0.638 bits per heavy atom. The minimum Gasteiger partial charge on any atom is -0.509 e. The van der Waals surface area contributed by atoms with Crippen molar-refractivity contribution in [2.45, 2.75) is 39.4 Å². The monoisotopic (exact) mass is 939 g/mol. The number of pyridine rings is 1. The molecule has 0 atom stereocenters. The van der Waals surface area contributed by atoms with Crippen molar-refractivity contribution in [3.8, 4) is 45.6 Å². The van der Waals surface area contributed by atoms with Gasteiger partial charge in [-0.2, -0.15) is 17.2 Å². The number of benzene rings is 6. The molecule has 0 saturated carbocycles. The summed E-state index contributed by atoms with van der Waals surface area (Å²) in [6, 6.07) is 55.6. The number of nitrogens with zero attached hydrogens (tertiary/aromatic N) is 4. The third-order valence-electron chi connectivity index (χ3n) is 9.95. The molecule has 0 aliphatic carbocycles. The summed E-state index contributed by atoms with van der Waals surface area (Å²) in [5.41, 5.74) is 7.66. The van der Waals surface area contributed by atoms with Gasteiger partial charge in [-0.25, -0.2) is 4.98 Å². The van der Waals surface area contributed by atoms with E-state index in [1.807, 2.05) is 97.5 Å². The van der Waals surface area contributed by atoms with Crippen LogP contribution >= 0.6 is 0 Å². The predicted octanol–water partition coefficient (Wildman–Crippen LogP) is 11.9. The van der Waals surface area contributed by atoms with Crippen LogP contribution in [0.1, 0.15) is 37.5 Å². The molecule has 8 heteroatoms. The van der Waals surface area contributed by atoms with Crippen molar-refractivity contribution < 1.29 is 35.3 Å². The van der Waals surface area contributed by atoms with Crippen LogP contribution in [0.25, 0.3) is 44.4 Å². The maximum Gasteiger partial charge on any atom is 2.00 e. The number of fused-ring (bicyclic) bond motifs is 3. The van der Waals surface area contributed by atoms with Crippen LogP contribution in [0.4, 0.5) is 0 Å². The number of aromatic nitrogens is 4. The summed E-state index contributed by atoms with van der Waals surface area (Å²) in [4.78, 5) is 4.81. The van der Waals surface area contributed by atoms with Gasteiger partial charge in [0.2, 0.25) is 0 Å². The first kappa shape index (κ1) is 38.4. The third-order valence-corrected chi connectivity index (χ3v) is 9.95. The second-order valence-electron chi connectivity index (χ2n) is 14.9. The third kappa shape index (κ3) is 8.04. The van der Waals surface area contributed by atoms with Crippen molar-refractivity contribution in [1.82, 2.24) is 19.3 Å². The average Bonchev–Trinajstić information content (AvgIpc) is 3.86. The Morgan fingerprint density at radius 3 is 2.00 bits per heavy atom. The van der Waals surface area contributed by atoms with Gasteiger partial charge in [-0.3, -0.25) is 4.68 Å². The molecule has 0 saturated heterocycles. The Kier molecular flexibility index (Phi) is 11.0. The molecule has 0 amide bonds. The average molecular weight is 940 g/mol. The van der Waals surface area contributed by atoms with Crippen molar-refractivity contribution in [3.05, 3.63) is 193 Å². The van der Waals surface area contributed by atoms with Gasteiger partial charge in [-0.05, 0) is 63.5 Å². The van der Waals surface area contributed by atoms with Gasteiger partial charge in [0.15, 0.2) is 0 Å². The molecule has 7 nitrogen and oxygen atoms in total. The molecule has 0 bridgehead atoms. The zero-order chi connectivity index (χ0) is 38.8. The van der Waals surface area contributed by atoms with Crippen molar-refractivity contribution in [2.75, 3.05) is 0 Å². The minimum absolute atomic E-state index is 0. The van der Waals surface area contributed by atoms with Gasteiger partial charge in [-0.1, -0.05) is 111 Å². The number of para-hydroxylation sites is 1. The summed E-state index contributed by atoms with van der Waals surface area (Å²) in [6.45, 7) is 7.47. The van der Waals surface area contributed by atoms with E-state index in [4.69, 9.17) is 24.3 Å². The Morgan fingerprint density at radius 2 is 1.29 bits per heavy atom. The zero-order valence-corrected chi connectivity index (χ0v) is 34.6. The van der Waals surface area contributed by atoms with E-state index < -0.39 is 0 Å². The first-order valence-electron chi connectivity index (χ1n) is 19.0. The number of ether oxygens (including phenoxy) is 3. The van der Waals surface area contributed by atoms with E-state index >= 15 is 0 Å². The standard InChI is InChI=1S/C50H40N4O3.Pt/c1-50(2,3)38-26-27-51-48(28-38)54-44-21-11-10-20-42(44)43-25-24-41(30-45(43)54)57-40-19-12-18-39(29-40)53-32-37(31-52-53)49-46(55-33-35-14-6-4-7-15-35)22-13-23-47(49)56-34-36-16-8-5-9-17-36;/h4-28,31-32H,33-34H2,1-3H3;/q-2;+2. The van der Waals surface area contributed by atoms with Gasteiger partial charge < -0.3 is 18.8 Å². The molecule has 0 aliphatic heterocycles. The fourth-order valence-corrected chi connectivity index (χ4v) is 7.02. The SMILES string of the molecule is CC(C)(C)c1ccnc(-n2c3[c-]c(Oc4[c-]c(-n5cc(-c6c(OCc7ccccc7)cccc6OCc6ccccc6)cn5)ccc4)ccc3c3ccccc32)c1.[Pt+2]. The van der Waals surface area contributed by atoms with E-state index in [1.54, 1.807) is 4.68 Å². The second kappa shape index (κ2) is 16.6. The van der Waals surface area contributed by atoms with Crippen LogP contribution in [-0.2, 0) is 39.7 Å². The molecule has 0 unspecified atom stereocenters. The second-order valence-corrected chi connectivity index (χ2v) is 14.9. The smallest absolute Gasteiger partial charge is 0.509 e. The summed E-state index contributed by atoms with van der Waals surface area (Å²) in [5, 5.41) is 6.96. The van der Waals surface area contributed by atoms with Gasteiger partial charge >= 0.3 is 21.1 Å². The summed E-state index contributed by atoms with van der Waals surface area (Å²) in [5.74, 6) is 3.35. The van der Waals surface area contributed by atoms with Gasteiger partial charge in [0, 0.05) is 35.0 Å². The first-order chi connectivity index (χ1) is 27.9. The molecule has 0 N–H and O–H groups in total. The van der Waals surface area contributed by atoms with Crippen LogP contribution in [0.3, 0.4) is 0 Å². The molecule has 0 aliphatic rings. The normalized spacial score (nSPS) is 11.4. The van der Waals surface area contributed by atoms with Crippen LogP contribution in [0, 0.1) is 12.1 Å². The van der Waals surface area contributed by atoms with Crippen LogP contribution in [0.15, 0.2) is 164 Å². The molecular formula is C50H40N4O3Pt. The van der Waals surface area contributed by atoms with Crippen molar-refractivity contribution in [2.24, 2.45) is 0 Å². The zero-order valence-electron chi connectivity index (χ0n) is 32.3. The Labute approximate surface area is 352 Å². The fourth-order valence-electron chi connectivity index (χ4n) is 7.02. The van der Waals surface area contributed by atoms with E-state index in [2.05, 4.69) is 104 Å². The Hall–Kier alpha value is -6.43. The maximum absolute atomic E-state index is 6.47. The molecule has 58 heavy (non-hydrogen) atoms. The molecule has 288 valence electrons. The molecule has 9 rings (SSSR count). The van der Waals surface area contributed by atoms with E-state index in [-0.39, 0.29) is 26.5 Å². The van der Waals surface area contributed by atoms with Gasteiger partial charge in [0.25, 0.3) is 0 Å². The fraction of sp³-hybridized carbons (Fsp3) is 0.120. The number of hydrogen-bond acceptors (Lipinski definition) is 5. The molecule has 3 aromatic heterocycles. The van der Waals surface area contributed by atoms with Crippen molar-refractivity contribution in [1.29, 1.82) is 0 Å². The van der Waals surface area contributed by atoms with Crippen LogP contribution < -0.4 is 14.2 Å². The van der Waals surface area contributed by atoms with Crippen LogP contribution in [-0.4, -0.2) is 19.3 Å². The maximum atomic E-state index is 6.47. The van der Waals surface area contributed by atoms with Crippen LogP contribution in [0.2, 0.25) is 0 Å². The summed E-state index contributed by atoms with van der Waals surface area (Å²) in [6.07, 6.45) is 5.67. The first-order valence-corrected chi connectivity index (χ1v) is 19.0.